The van der Waals surface area contributed by atoms with Crippen molar-refractivity contribution in [3.05, 3.63) is 96.1 Å². The van der Waals surface area contributed by atoms with Crippen LogP contribution in [0.5, 0.6) is 0 Å². The van der Waals surface area contributed by atoms with Crippen molar-refractivity contribution < 1.29 is 8.99 Å². The molecule has 3 aliphatic rings. The fraction of sp³-hybridized carbons (Fsp3) is 0.550. The van der Waals surface area contributed by atoms with Gasteiger partial charge >= 0.3 is 0 Å². The van der Waals surface area contributed by atoms with Crippen LogP contribution >= 0.6 is 7.14 Å². The van der Waals surface area contributed by atoms with Gasteiger partial charge in [0.05, 0.1) is 0 Å². The summed E-state index contributed by atoms with van der Waals surface area (Å²) < 4.78 is 21.8. The standard InChI is InChI=1S/C40H57O2PSi/c1-30-21-24-34(42-44(7,8)39(3,4)5)28-33(30)23-22-32-16-15-27-40(6)37(25-26-38(32)40)31(2)29-43(41,35-17-11-9-12-18-35)36-19-13-10-14-20-36/h9-14,17-20,22-23,31,34,37-38H,1,15-16,21,24-29H2,2-8H3/b32-22+,33-23+/t31-,34+,37-,38+,40-/m1/s1. The lowest BCUT2D eigenvalue weighted by Gasteiger charge is -2.45. The molecule has 238 valence electrons. The minimum absolute atomic E-state index is 0.228. The monoisotopic (exact) mass is 628 g/mol. The maximum Gasteiger partial charge on any atom is 0.192 e. The fourth-order valence-corrected chi connectivity index (χ4v) is 13.0. The molecule has 0 bridgehead atoms. The summed E-state index contributed by atoms with van der Waals surface area (Å²) in [5.74, 6) is 1.58. The molecule has 0 aliphatic heterocycles. The van der Waals surface area contributed by atoms with Gasteiger partial charge < -0.3 is 8.99 Å². The van der Waals surface area contributed by atoms with Crippen LogP contribution in [0.1, 0.15) is 86.0 Å². The second-order valence-corrected chi connectivity index (χ2v) is 23.6. The first-order chi connectivity index (χ1) is 20.7. The van der Waals surface area contributed by atoms with Crippen molar-refractivity contribution in [2.75, 3.05) is 6.16 Å². The van der Waals surface area contributed by atoms with Crippen molar-refractivity contribution in [3.63, 3.8) is 0 Å². The highest BCUT2D eigenvalue weighted by Crippen LogP contribution is 2.61. The van der Waals surface area contributed by atoms with Crippen LogP contribution in [0.25, 0.3) is 0 Å². The maximum absolute atomic E-state index is 15.0. The predicted molar refractivity (Wildman–Crippen MR) is 193 cm³/mol. The quantitative estimate of drug-likeness (QED) is 0.215. The van der Waals surface area contributed by atoms with Crippen molar-refractivity contribution in [1.82, 2.24) is 0 Å². The zero-order chi connectivity index (χ0) is 31.8. The van der Waals surface area contributed by atoms with E-state index in [2.05, 4.69) is 90.7 Å². The van der Waals surface area contributed by atoms with Gasteiger partial charge in [-0.3, -0.25) is 0 Å². The average molecular weight is 629 g/mol. The highest BCUT2D eigenvalue weighted by molar-refractivity contribution is 7.78. The second-order valence-electron chi connectivity index (χ2n) is 15.9. The van der Waals surface area contributed by atoms with Crippen molar-refractivity contribution >= 4 is 26.1 Å². The van der Waals surface area contributed by atoms with Gasteiger partial charge in [-0.25, -0.2) is 0 Å². The molecule has 0 unspecified atom stereocenters. The van der Waals surface area contributed by atoms with Crippen LogP contribution in [-0.4, -0.2) is 20.6 Å². The third kappa shape index (κ3) is 6.77. The van der Waals surface area contributed by atoms with E-state index in [0.29, 0.717) is 23.9 Å². The van der Waals surface area contributed by atoms with Gasteiger partial charge in [0, 0.05) is 22.9 Å². The zero-order valence-electron chi connectivity index (χ0n) is 28.6. The molecule has 2 aromatic carbocycles. The molecule has 3 aliphatic carbocycles. The van der Waals surface area contributed by atoms with Crippen LogP contribution in [0.4, 0.5) is 0 Å². The van der Waals surface area contributed by atoms with Crippen molar-refractivity contribution in [1.29, 1.82) is 0 Å². The molecular weight excluding hydrogens is 571 g/mol. The molecular formula is C40H57O2PSi. The molecule has 3 saturated carbocycles. The fourth-order valence-electron chi connectivity index (χ4n) is 8.52. The molecule has 0 heterocycles. The van der Waals surface area contributed by atoms with Gasteiger partial charge in [0.25, 0.3) is 0 Å². The molecule has 44 heavy (non-hydrogen) atoms. The first-order valence-corrected chi connectivity index (χ1v) is 22.0. The summed E-state index contributed by atoms with van der Waals surface area (Å²) in [6.45, 7) is 21.2. The number of rotatable bonds is 8. The summed E-state index contributed by atoms with van der Waals surface area (Å²) in [6.07, 6.45) is 15.3. The summed E-state index contributed by atoms with van der Waals surface area (Å²) in [5.41, 5.74) is 4.59. The molecule has 5 rings (SSSR count). The van der Waals surface area contributed by atoms with Crippen LogP contribution < -0.4 is 10.6 Å². The molecule has 0 radical (unpaired) electrons. The number of fused-ring (bicyclic) bond motifs is 1. The highest BCUT2D eigenvalue weighted by atomic mass is 31.2. The van der Waals surface area contributed by atoms with E-state index < -0.39 is 15.5 Å². The second kappa shape index (κ2) is 13.1. The third-order valence-corrected chi connectivity index (χ3v) is 19.9. The first-order valence-electron chi connectivity index (χ1n) is 17.2. The van der Waals surface area contributed by atoms with Crippen molar-refractivity contribution in [2.45, 2.75) is 110 Å². The van der Waals surface area contributed by atoms with Gasteiger partial charge in [-0.1, -0.05) is 125 Å². The summed E-state index contributed by atoms with van der Waals surface area (Å²) in [6, 6.07) is 20.5. The average Bonchev–Trinajstić information content (AvgIpc) is 3.35. The highest BCUT2D eigenvalue weighted by Gasteiger charge is 2.51. The van der Waals surface area contributed by atoms with Crippen LogP contribution in [0.2, 0.25) is 18.1 Å². The number of allylic oxidation sites excluding steroid dienone is 4. The normalized spacial score (nSPS) is 29.2. The molecule has 2 aromatic rings. The number of hydrogen-bond acceptors (Lipinski definition) is 2. The van der Waals surface area contributed by atoms with Gasteiger partial charge in [0.15, 0.2) is 8.32 Å². The van der Waals surface area contributed by atoms with E-state index in [-0.39, 0.29) is 10.5 Å². The predicted octanol–water partition coefficient (Wildman–Crippen LogP) is 10.8. The molecule has 0 aromatic heterocycles. The number of benzene rings is 2. The topological polar surface area (TPSA) is 26.3 Å². The lowest BCUT2D eigenvalue weighted by Crippen LogP contribution is -2.44. The Labute approximate surface area is 270 Å². The Morgan fingerprint density at radius 2 is 1.59 bits per heavy atom. The van der Waals surface area contributed by atoms with Gasteiger partial charge in [-0.05, 0) is 98.2 Å². The first kappa shape index (κ1) is 33.4. The van der Waals surface area contributed by atoms with Gasteiger partial charge in [0.1, 0.15) is 7.14 Å². The summed E-state index contributed by atoms with van der Waals surface area (Å²) >= 11 is 0. The van der Waals surface area contributed by atoms with E-state index in [9.17, 15) is 4.57 Å². The van der Waals surface area contributed by atoms with Gasteiger partial charge in [-0.15, -0.1) is 0 Å². The molecule has 0 spiro atoms. The van der Waals surface area contributed by atoms with Gasteiger partial charge in [0.2, 0.25) is 0 Å². The van der Waals surface area contributed by atoms with Crippen molar-refractivity contribution in [3.8, 4) is 0 Å². The summed E-state index contributed by atoms with van der Waals surface area (Å²) in [7, 11) is -4.54. The molecule has 2 nitrogen and oxygen atoms in total. The summed E-state index contributed by atoms with van der Waals surface area (Å²) in [4.78, 5) is 0. The molecule has 3 fully saturated rings. The SMILES string of the molecule is C=C1CC[C@H](O[Si](C)(C)C(C)(C)C)C/C1=C\C=C1/CCC[C@]2(C)[C@@H]([C@H](C)CP(=O)(c3ccccc3)c3ccccc3)CC[C@@H]12. The van der Waals surface area contributed by atoms with Gasteiger partial charge in [-0.2, -0.15) is 0 Å². The molecule has 4 heteroatoms. The number of hydrogen-bond donors (Lipinski definition) is 0. The van der Waals surface area contributed by atoms with Crippen LogP contribution in [0, 0.1) is 23.2 Å². The van der Waals surface area contributed by atoms with E-state index >= 15 is 0 Å². The van der Waals surface area contributed by atoms with Crippen LogP contribution in [-0.2, 0) is 8.99 Å². The Hall–Kier alpha value is -1.93. The van der Waals surface area contributed by atoms with E-state index in [1.54, 1.807) is 5.57 Å². The largest absolute Gasteiger partial charge is 0.414 e. The smallest absolute Gasteiger partial charge is 0.192 e. The molecule has 0 amide bonds. The van der Waals surface area contributed by atoms with E-state index in [4.69, 9.17) is 4.43 Å². The lowest BCUT2D eigenvalue weighted by molar-refractivity contribution is 0.105. The molecule has 5 atom stereocenters. The molecule has 0 N–H and O–H groups in total. The van der Waals surface area contributed by atoms with Crippen LogP contribution in [0.3, 0.4) is 0 Å². The Kier molecular flexibility index (Phi) is 9.92. The minimum atomic E-state index is -2.74. The zero-order valence-corrected chi connectivity index (χ0v) is 30.5. The minimum Gasteiger partial charge on any atom is -0.414 e. The third-order valence-electron chi connectivity index (χ3n) is 12.1. The van der Waals surface area contributed by atoms with Crippen LogP contribution in [0.15, 0.2) is 96.1 Å². The van der Waals surface area contributed by atoms with Crippen molar-refractivity contribution in [2.24, 2.45) is 23.2 Å². The Bertz CT molecular complexity index is 1370. The summed E-state index contributed by atoms with van der Waals surface area (Å²) in [5, 5.41) is 2.22. The Morgan fingerprint density at radius 1 is 0.977 bits per heavy atom. The van der Waals surface area contributed by atoms with E-state index in [1.807, 2.05) is 36.4 Å². The van der Waals surface area contributed by atoms with E-state index in [1.165, 1.54) is 43.3 Å². The van der Waals surface area contributed by atoms with E-state index in [0.717, 1.165) is 36.0 Å². The Morgan fingerprint density at radius 3 is 2.18 bits per heavy atom. The Balaban J connectivity index is 1.34. The molecule has 0 saturated heterocycles. The maximum atomic E-state index is 15.0. The lowest BCUT2D eigenvalue weighted by atomic mass is 9.61.